The van der Waals surface area contributed by atoms with E-state index in [0.29, 0.717) is 0 Å². The molecule has 12 heteroatoms. The van der Waals surface area contributed by atoms with Crippen molar-refractivity contribution in [3.8, 4) is 0 Å². The van der Waals surface area contributed by atoms with Gasteiger partial charge < -0.3 is 37.0 Å². The van der Waals surface area contributed by atoms with Crippen LogP contribution in [0.4, 0.5) is 0 Å². The standard InChI is InChI=1S/C17H30N4O8/c1-7(2)12(18)15(26)20-10(6-22)14(25)21-13(8(3)4)16(27)19-9(17(28)29)5-11(23)24/h7-10,12-13,22H,5-6,18H2,1-4H3,(H,19,27)(H,20,26)(H,21,25)(H,23,24)(H,28,29). The topological polar surface area (TPSA) is 208 Å². The van der Waals surface area contributed by atoms with Crippen molar-refractivity contribution in [1.29, 1.82) is 0 Å². The summed E-state index contributed by atoms with van der Waals surface area (Å²) in [6, 6.07) is -5.21. The Balaban J connectivity index is 5.22. The maximum absolute atomic E-state index is 12.4. The molecule has 0 spiro atoms. The van der Waals surface area contributed by atoms with Gasteiger partial charge in [0.05, 0.1) is 19.1 Å². The van der Waals surface area contributed by atoms with Crippen LogP contribution in [0.3, 0.4) is 0 Å². The number of nitrogens with two attached hydrogens (primary N) is 1. The van der Waals surface area contributed by atoms with E-state index in [9.17, 15) is 29.1 Å². The van der Waals surface area contributed by atoms with Crippen molar-refractivity contribution < 1.29 is 39.3 Å². The fourth-order valence-electron chi connectivity index (χ4n) is 2.19. The highest BCUT2D eigenvalue weighted by Gasteiger charge is 2.32. The van der Waals surface area contributed by atoms with Crippen LogP contribution in [-0.4, -0.2) is 75.8 Å². The predicted octanol–water partition coefficient (Wildman–Crippen LogP) is -2.37. The summed E-state index contributed by atoms with van der Waals surface area (Å²) >= 11 is 0. The maximum Gasteiger partial charge on any atom is 0.326 e. The Hall–Kier alpha value is -2.73. The van der Waals surface area contributed by atoms with Crippen LogP contribution in [0.25, 0.3) is 0 Å². The molecule has 0 heterocycles. The molecule has 3 amide bonds. The Labute approximate surface area is 168 Å². The second kappa shape index (κ2) is 12.0. The van der Waals surface area contributed by atoms with Crippen LogP contribution >= 0.6 is 0 Å². The molecule has 0 aliphatic rings. The molecule has 0 aromatic carbocycles. The first-order valence-electron chi connectivity index (χ1n) is 9.03. The SMILES string of the molecule is CC(C)C(N)C(=O)NC(CO)C(=O)NC(C(=O)NC(CC(=O)O)C(=O)O)C(C)C. The number of nitrogens with one attached hydrogen (secondary N) is 3. The molecule has 0 rings (SSSR count). The van der Waals surface area contributed by atoms with Gasteiger partial charge in [-0.25, -0.2) is 4.79 Å². The molecule has 0 saturated heterocycles. The zero-order valence-corrected chi connectivity index (χ0v) is 16.8. The third-order valence-corrected chi connectivity index (χ3v) is 4.08. The van der Waals surface area contributed by atoms with E-state index < -0.39 is 72.8 Å². The smallest absolute Gasteiger partial charge is 0.326 e. The summed E-state index contributed by atoms with van der Waals surface area (Å²) < 4.78 is 0. The van der Waals surface area contributed by atoms with Gasteiger partial charge in [-0.05, 0) is 11.8 Å². The lowest BCUT2D eigenvalue weighted by Gasteiger charge is -2.26. The van der Waals surface area contributed by atoms with Gasteiger partial charge in [-0.3, -0.25) is 19.2 Å². The second-order valence-electron chi connectivity index (χ2n) is 7.24. The van der Waals surface area contributed by atoms with Crippen molar-refractivity contribution in [3.05, 3.63) is 0 Å². The lowest BCUT2D eigenvalue weighted by atomic mass is 10.0. The van der Waals surface area contributed by atoms with Crippen LogP contribution in [0.1, 0.15) is 34.1 Å². The highest BCUT2D eigenvalue weighted by molar-refractivity contribution is 5.94. The summed E-state index contributed by atoms with van der Waals surface area (Å²) in [5.41, 5.74) is 5.69. The summed E-state index contributed by atoms with van der Waals surface area (Å²) in [6.07, 6.45) is -0.845. The Morgan fingerprint density at radius 2 is 1.31 bits per heavy atom. The molecular formula is C17H30N4O8. The summed E-state index contributed by atoms with van der Waals surface area (Å²) in [4.78, 5) is 58.7. The number of carbonyl (C=O) groups excluding carboxylic acids is 3. The van der Waals surface area contributed by atoms with Crippen molar-refractivity contribution in [2.24, 2.45) is 17.6 Å². The van der Waals surface area contributed by atoms with Crippen LogP contribution in [0.2, 0.25) is 0 Å². The number of carboxylic acids is 2. The number of carboxylic acid groups (broad SMARTS) is 2. The van der Waals surface area contributed by atoms with Crippen molar-refractivity contribution >= 4 is 29.7 Å². The quantitative estimate of drug-likeness (QED) is 0.180. The summed E-state index contributed by atoms with van der Waals surface area (Å²) in [7, 11) is 0. The normalized spacial score (nSPS) is 15.2. The number of aliphatic hydroxyl groups excluding tert-OH is 1. The van der Waals surface area contributed by atoms with Gasteiger partial charge in [0.2, 0.25) is 17.7 Å². The Kier molecular flexibility index (Phi) is 10.8. The monoisotopic (exact) mass is 418 g/mol. The van der Waals surface area contributed by atoms with Crippen LogP contribution in [0, 0.1) is 11.8 Å². The minimum absolute atomic E-state index is 0.214. The lowest BCUT2D eigenvalue weighted by molar-refractivity contribution is -0.147. The molecule has 0 aromatic heterocycles. The van der Waals surface area contributed by atoms with Gasteiger partial charge in [-0.2, -0.15) is 0 Å². The molecule has 4 unspecified atom stereocenters. The molecule has 0 aliphatic heterocycles. The summed E-state index contributed by atoms with van der Waals surface area (Å²) in [5, 5.41) is 33.9. The molecular weight excluding hydrogens is 388 g/mol. The number of hydrogen-bond donors (Lipinski definition) is 7. The molecule has 0 aliphatic carbocycles. The van der Waals surface area contributed by atoms with Gasteiger partial charge in [0, 0.05) is 0 Å². The zero-order chi connectivity index (χ0) is 22.9. The van der Waals surface area contributed by atoms with Crippen LogP contribution in [0.15, 0.2) is 0 Å². The number of aliphatic hydroxyl groups is 1. The average molecular weight is 418 g/mol. The van der Waals surface area contributed by atoms with E-state index in [1.165, 1.54) is 0 Å². The first-order chi connectivity index (χ1) is 13.3. The van der Waals surface area contributed by atoms with Crippen molar-refractivity contribution in [1.82, 2.24) is 16.0 Å². The lowest BCUT2D eigenvalue weighted by Crippen LogP contribution is -2.59. The molecule has 29 heavy (non-hydrogen) atoms. The van der Waals surface area contributed by atoms with Gasteiger partial charge in [0.1, 0.15) is 18.1 Å². The number of hydrogen-bond acceptors (Lipinski definition) is 7. The average Bonchev–Trinajstić information content (AvgIpc) is 2.61. The molecule has 8 N–H and O–H groups in total. The fourth-order valence-corrected chi connectivity index (χ4v) is 2.19. The minimum Gasteiger partial charge on any atom is -0.481 e. The van der Waals surface area contributed by atoms with Crippen LogP contribution in [0.5, 0.6) is 0 Å². The minimum atomic E-state index is -1.68. The van der Waals surface area contributed by atoms with E-state index in [4.69, 9.17) is 15.9 Å². The molecule has 0 bridgehead atoms. The second-order valence-corrected chi connectivity index (χ2v) is 7.24. The highest BCUT2D eigenvalue weighted by atomic mass is 16.4. The first kappa shape index (κ1) is 26.3. The van der Waals surface area contributed by atoms with E-state index in [1.807, 2.05) is 0 Å². The molecule has 12 nitrogen and oxygen atoms in total. The Morgan fingerprint density at radius 1 is 0.793 bits per heavy atom. The Bertz CT molecular complexity index is 623. The molecule has 0 saturated carbocycles. The van der Waals surface area contributed by atoms with Gasteiger partial charge in [-0.1, -0.05) is 27.7 Å². The fraction of sp³-hybridized carbons (Fsp3) is 0.706. The van der Waals surface area contributed by atoms with Gasteiger partial charge in [0.15, 0.2) is 0 Å². The first-order valence-corrected chi connectivity index (χ1v) is 9.03. The van der Waals surface area contributed by atoms with E-state index >= 15 is 0 Å². The largest absolute Gasteiger partial charge is 0.481 e. The molecule has 0 fully saturated rings. The van der Waals surface area contributed by atoms with Crippen molar-refractivity contribution in [2.45, 2.75) is 58.3 Å². The summed E-state index contributed by atoms with van der Waals surface area (Å²) in [6.45, 7) is 5.78. The van der Waals surface area contributed by atoms with Crippen LogP contribution < -0.4 is 21.7 Å². The van der Waals surface area contributed by atoms with E-state index in [2.05, 4.69) is 16.0 Å². The van der Waals surface area contributed by atoms with E-state index in [-0.39, 0.29) is 5.92 Å². The third kappa shape index (κ3) is 8.87. The zero-order valence-electron chi connectivity index (χ0n) is 16.8. The Morgan fingerprint density at radius 3 is 1.69 bits per heavy atom. The molecule has 0 radical (unpaired) electrons. The number of aliphatic carboxylic acids is 2. The van der Waals surface area contributed by atoms with Gasteiger partial charge >= 0.3 is 11.9 Å². The molecule has 0 aromatic rings. The van der Waals surface area contributed by atoms with Gasteiger partial charge in [0.25, 0.3) is 0 Å². The molecule has 4 atom stereocenters. The highest BCUT2D eigenvalue weighted by Crippen LogP contribution is 2.05. The number of rotatable bonds is 12. The third-order valence-electron chi connectivity index (χ3n) is 4.08. The number of amides is 3. The predicted molar refractivity (Wildman–Crippen MR) is 100 cm³/mol. The van der Waals surface area contributed by atoms with E-state index in [0.717, 1.165) is 0 Å². The van der Waals surface area contributed by atoms with E-state index in [1.54, 1.807) is 27.7 Å². The van der Waals surface area contributed by atoms with Gasteiger partial charge in [-0.15, -0.1) is 0 Å². The maximum atomic E-state index is 12.4. The summed E-state index contributed by atoms with van der Waals surface area (Å²) in [5.74, 6) is -6.14. The molecule has 166 valence electrons. The van der Waals surface area contributed by atoms with Crippen LogP contribution in [-0.2, 0) is 24.0 Å². The number of carbonyl (C=O) groups is 5. The van der Waals surface area contributed by atoms with Crippen molar-refractivity contribution in [2.75, 3.05) is 6.61 Å². The van der Waals surface area contributed by atoms with Crippen molar-refractivity contribution in [3.63, 3.8) is 0 Å².